The molecule has 0 spiro atoms. The van der Waals surface area contributed by atoms with Crippen LogP contribution >= 0.6 is 0 Å². The number of nitriles is 1. The maximum absolute atomic E-state index is 14.4. The Hall–Kier alpha value is -5.40. The molecule has 0 saturated carbocycles. The van der Waals surface area contributed by atoms with Crippen LogP contribution in [0.25, 0.3) is 10.9 Å². The van der Waals surface area contributed by atoms with E-state index in [2.05, 4.69) is 12.6 Å². The molecule has 0 radical (unpaired) electrons. The summed E-state index contributed by atoms with van der Waals surface area (Å²) in [4.78, 5) is 45.6. The SMILES string of the molecule is C=CCN1CC(=O)N2[C@@H](Cc3ccc(O)cc3)C(=O)N(Cc3cccc4c(C#N)cn(C)c34)C[C@@H]2N1C(=O)CCc1ccccc1. The predicted molar refractivity (Wildman–Crippen MR) is 173 cm³/mol. The largest absolute Gasteiger partial charge is 0.508 e. The second-order valence-corrected chi connectivity index (χ2v) is 11.8. The number of aromatic hydroxyl groups is 1. The minimum Gasteiger partial charge on any atom is -0.508 e. The van der Waals surface area contributed by atoms with E-state index >= 15 is 0 Å². The number of carbonyl (C=O) groups is 3. The van der Waals surface area contributed by atoms with Crippen molar-refractivity contribution in [2.45, 2.75) is 38.0 Å². The number of carbonyl (C=O) groups excluding carboxylic acids is 3. The number of amides is 3. The van der Waals surface area contributed by atoms with Crippen LogP contribution in [0, 0.1) is 11.3 Å². The molecule has 0 unspecified atom stereocenters. The summed E-state index contributed by atoms with van der Waals surface area (Å²) in [5, 5.41) is 23.7. The van der Waals surface area contributed by atoms with E-state index in [0.717, 1.165) is 27.6 Å². The summed E-state index contributed by atoms with van der Waals surface area (Å²) in [6.07, 6.45) is 3.70. The van der Waals surface area contributed by atoms with Crippen LogP contribution in [0.15, 0.2) is 91.6 Å². The van der Waals surface area contributed by atoms with E-state index in [4.69, 9.17) is 0 Å². The number of phenolic OH excluding ortho intramolecular Hbond substituents is 1. The molecule has 3 amide bonds. The van der Waals surface area contributed by atoms with Crippen LogP contribution in [0.2, 0.25) is 0 Å². The van der Waals surface area contributed by atoms with Crippen molar-refractivity contribution in [3.63, 3.8) is 0 Å². The molecule has 4 aromatic rings. The molecule has 2 saturated heterocycles. The third kappa shape index (κ3) is 5.85. The van der Waals surface area contributed by atoms with E-state index in [1.54, 1.807) is 56.4 Å². The molecule has 2 fully saturated rings. The smallest absolute Gasteiger partial charge is 0.246 e. The Morgan fingerprint density at radius 1 is 1.04 bits per heavy atom. The highest BCUT2D eigenvalue weighted by atomic mass is 16.3. The van der Waals surface area contributed by atoms with Crippen molar-refractivity contribution in [3.8, 4) is 11.8 Å². The van der Waals surface area contributed by atoms with Crippen LogP contribution in [-0.2, 0) is 40.8 Å². The Bertz CT molecular complexity index is 1830. The molecule has 2 atom stereocenters. The van der Waals surface area contributed by atoms with Crippen molar-refractivity contribution in [1.82, 2.24) is 24.4 Å². The van der Waals surface area contributed by atoms with Gasteiger partial charge in [-0.15, -0.1) is 6.58 Å². The van der Waals surface area contributed by atoms with Gasteiger partial charge in [-0.05, 0) is 35.2 Å². The van der Waals surface area contributed by atoms with Gasteiger partial charge in [0.05, 0.1) is 24.2 Å². The fourth-order valence-electron chi connectivity index (χ4n) is 6.74. The quantitative estimate of drug-likeness (QED) is 0.287. The first-order chi connectivity index (χ1) is 22.3. The Morgan fingerprint density at radius 3 is 2.52 bits per heavy atom. The molecule has 10 heteroatoms. The predicted octanol–water partition coefficient (Wildman–Crippen LogP) is 3.74. The molecule has 0 aliphatic carbocycles. The number of aromatic nitrogens is 1. The van der Waals surface area contributed by atoms with Gasteiger partial charge in [0.15, 0.2) is 0 Å². The van der Waals surface area contributed by atoms with Crippen LogP contribution in [0.4, 0.5) is 0 Å². The molecule has 1 aromatic heterocycles. The number of fused-ring (bicyclic) bond motifs is 2. The minimum atomic E-state index is -0.867. The number of piperazine rings is 1. The lowest BCUT2D eigenvalue weighted by atomic mass is 9.97. The first-order valence-corrected chi connectivity index (χ1v) is 15.4. The minimum absolute atomic E-state index is 0.0570. The molecule has 10 nitrogen and oxygen atoms in total. The van der Waals surface area contributed by atoms with E-state index in [1.165, 1.54) is 0 Å². The fourth-order valence-corrected chi connectivity index (χ4v) is 6.74. The van der Waals surface area contributed by atoms with Crippen molar-refractivity contribution in [1.29, 1.82) is 5.26 Å². The second-order valence-electron chi connectivity index (χ2n) is 11.8. The van der Waals surface area contributed by atoms with E-state index in [9.17, 15) is 24.8 Å². The third-order valence-corrected chi connectivity index (χ3v) is 8.83. The van der Waals surface area contributed by atoms with Crippen LogP contribution in [0.1, 0.15) is 28.7 Å². The fraction of sp³-hybridized carbons (Fsp3) is 0.278. The van der Waals surface area contributed by atoms with Gasteiger partial charge in [0, 0.05) is 44.6 Å². The van der Waals surface area contributed by atoms with E-state index in [0.29, 0.717) is 18.5 Å². The molecule has 2 aliphatic rings. The number of aryl methyl sites for hydroxylation is 2. The normalized spacial score (nSPS) is 18.5. The van der Waals surface area contributed by atoms with Gasteiger partial charge in [-0.1, -0.05) is 66.7 Å². The molecule has 6 rings (SSSR count). The summed E-state index contributed by atoms with van der Waals surface area (Å²) in [6, 6.07) is 23.5. The zero-order valence-corrected chi connectivity index (χ0v) is 25.7. The van der Waals surface area contributed by atoms with Crippen molar-refractivity contribution in [2.75, 3.05) is 19.6 Å². The van der Waals surface area contributed by atoms with Gasteiger partial charge in [0.1, 0.15) is 24.0 Å². The molecule has 0 bridgehead atoms. The average molecular weight is 617 g/mol. The topological polar surface area (TPSA) is 113 Å². The monoisotopic (exact) mass is 616 g/mol. The Morgan fingerprint density at radius 2 is 1.80 bits per heavy atom. The average Bonchev–Trinajstić information content (AvgIpc) is 3.39. The zero-order chi connectivity index (χ0) is 32.4. The standard InChI is InChI=1S/C36H36N6O4/c1-3-18-40-24-34(45)41-31(19-26-12-15-29(43)16-13-26)36(46)39(22-27-10-7-11-30-28(20-37)21-38(2)35(27)30)23-32(41)42(40)33(44)17-14-25-8-5-4-6-9-25/h3-13,15-16,21,31-32,43H,1,14,17-19,22-24H2,2H3/t31-,32-/m0/s1. The molecule has 46 heavy (non-hydrogen) atoms. The highest BCUT2D eigenvalue weighted by Crippen LogP contribution is 2.32. The lowest BCUT2D eigenvalue weighted by Crippen LogP contribution is -2.75. The lowest BCUT2D eigenvalue weighted by Gasteiger charge is -2.55. The molecule has 3 heterocycles. The van der Waals surface area contributed by atoms with Crippen molar-refractivity contribution in [2.24, 2.45) is 7.05 Å². The van der Waals surface area contributed by atoms with Gasteiger partial charge in [-0.3, -0.25) is 14.4 Å². The number of phenols is 1. The number of hydrazine groups is 1. The first kappa shape index (κ1) is 30.6. The van der Waals surface area contributed by atoms with Gasteiger partial charge in [0.2, 0.25) is 17.7 Å². The molecular weight excluding hydrogens is 580 g/mol. The number of rotatable bonds is 9. The van der Waals surface area contributed by atoms with Gasteiger partial charge >= 0.3 is 0 Å². The van der Waals surface area contributed by atoms with Crippen molar-refractivity contribution >= 4 is 28.6 Å². The van der Waals surface area contributed by atoms with Gasteiger partial charge in [-0.2, -0.15) is 5.26 Å². The molecule has 1 N–H and O–H groups in total. The van der Waals surface area contributed by atoms with Gasteiger partial charge < -0.3 is 19.5 Å². The van der Waals surface area contributed by atoms with E-state index in [-0.39, 0.29) is 55.9 Å². The zero-order valence-electron chi connectivity index (χ0n) is 25.7. The molecule has 2 aliphatic heterocycles. The van der Waals surface area contributed by atoms with Gasteiger partial charge in [-0.25, -0.2) is 10.0 Å². The lowest BCUT2D eigenvalue weighted by molar-refractivity contribution is -0.205. The Balaban J connectivity index is 1.39. The van der Waals surface area contributed by atoms with Crippen molar-refractivity contribution in [3.05, 3.63) is 114 Å². The summed E-state index contributed by atoms with van der Waals surface area (Å²) in [5.74, 6) is -0.499. The second kappa shape index (κ2) is 12.9. The van der Waals surface area contributed by atoms with Crippen LogP contribution in [-0.4, -0.2) is 79.1 Å². The summed E-state index contributed by atoms with van der Waals surface area (Å²) in [5.41, 5.74) is 4.08. The maximum atomic E-state index is 14.4. The highest BCUT2D eigenvalue weighted by Gasteiger charge is 2.51. The van der Waals surface area contributed by atoms with Crippen LogP contribution < -0.4 is 0 Å². The summed E-state index contributed by atoms with van der Waals surface area (Å²) >= 11 is 0. The summed E-state index contributed by atoms with van der Waals surface area (Å²) in [6.45, 7) is 4.45. The number of para-hydroxylation sites is 1. The van der Waals surface area contributed by atoms with Gasteiger partial charge in [0.25, 0.3) is 0 Å². The van der Waals surface area contributed by atoms with E-state index < -0.39 is 12.2 Å². The first-order valence-electron chi connectivity index (χ1n) is 15.4. The number of hydrogen-bond donors (Lipinski definition) is 1. The highest BCUT2D eigenvalue weighted by molar-refractivity contribution is 5.93. The Labute approximate surface area is 267 Å². The Kier molecular flexibility index (Phi) is 8.59. The summed E-state index contributed by atoms with van der Waals surface area (Å²) in [7, 11) is 1.88. The molecule has 3 aromatic carbocycles. The van der Waals surface area contributed by atoms with E-state index in [1.807, 2.05) is 60.1 Å². The maximum Gasteiger partial charge on any atom is 0.246 e. The number of benzene rings is 3. The number of hydrogen-bond acceptors (Lipinski definition) is 6. The van der Waals surface area contributed by atoms with Crippen LogP contribution in [0.5, 0.6) is 5.75 Å². The van der Waals surface area contributed by atoms with Crippen molar-refractivity contribution < 1.29 is 19.5 Å². The number of nitrogens with zero attached hydrogens (tertiary/aromatic N) is 6. The molecule has 234 valence electrons. The summed E-state index contributed by atoms with van der Waals surface area (Å²) < 4.78 is 1.90. The molecular formula is C36H36N6O4. The third-order valence-electron chi connectivity index (χ3n) is 8.83. The van der Waals surface area contributed by atoms with Crippen LogP contribution in [0.3, 0.4) is 0 Å².